The van der Waals surface area contributed by atoms with Crippen molar-refractivity contribution in [2.24, 2.45) is 0 Å². The summed E-state index contributed by atoms with van der Waals surface area (Å²) in [5.41, 5.74) is 7.40. The number of nitrogen functional groups attached to an aromatic ring is 1. The van der Waals surface area contributed by atoms with Crippen molar-refractivity contribution < 1.29 is 19.0 Å². The van der Waals surface area contributed by atoms with E-state index >= 15 is 0 Å². The van der Waals surface area contributed by atoms with Crippen LogP contribution in [-0.2, 0) is 22.5 Å². The molecule has 0 spiro atoms. The molecule has 190 valence electrons. The monoisotopic (exact) mass is 505 g/mol. The second-order valence-corrected chi connectivity index (χ2v) is 9.08. The van der Waals surface area contributed by atoms with E-state index < -0.39 is 0 Å². The molecule has 4 rings (SSSR count). The number of fused-ring (bicyclic) bond motifs is 1. The molecular formula is C23H32ClN7O4. The summed E-state index contributed by atoms with van der Waals surface area (Å²) in [6.07, 6.45) is 2.70. The number of anilines is 2. The normalized spacial score (nSPS) is 16.5. The Morgan fingerprint density at radius 1 is 1.11 bits per heavy atom. The molecule has 12 heteroatoms. The van der Waals surface area contributed by atoms with Crippen LogP contribution in [0.3, 0.4) is 0 Å². The number of carbonyl (C=O) groups is 1. The molecule has 0 unspecified atom stereocenters. The van der Waals surface area contributed by atoms with Crippen molar-refractivity contribution in [3.05, 3.63) is 28.4 Å². The summed E-state index contributed by atoms with van der Waals surface area (Å²) in [7, 11) is 3.72. The fourth-order valence-corrected chi connectivity index (χ4v) is 4.28. The minimum Gasteiger partial charge on any atom is -0.477 e. The van der Waals surface area contributed by atoms with Crippen LogP contribution in [0.15, 0.2) is 12.3 Å². The van der Waals surface area contributed by atoms with Gasteiger partial charge in [-0.05, 0) is 25.1 Å². The molecule has 2 aromatic rings. The van der Waals surface area contributed by atoms with Crippen LogP contribution in [0.1, 0.15) is 17.5 Å². The summed E-state index contributed by atoms with van der Waals surface area (Å²) in [6.45, 7) is 6.80. The van der Waals surface area contributed by atoms with Crippen LogP contribution in [0.5, 0.6) is 11.9 Å². The quantitative estimate of drug-likeness (QED) is 0.446. The molecule has 1 fully saturated rings. The van der Waals surface area contributed by atoms with Gasteiger partial charge >= 0.3 is 6.01 Å². The molecule has 2 N–H and O–H groups in total. The van der Waals surface area contributed by atoms with Gasteiger partial charge in [-0.2, -0.15) is 9.97 Å². The Labute approximate surface area is 210 Å². The maximum absolute atomic E-state index is 12.7. The van der Waals surface area contributed by atoms with E-state index in [9.17, 15) is 4.79 Å². The molecule has 2 aromatic heterocycles. The number of hydrogen-bond acceptors (Lipinski definition) is 10. The highest BCUT2D eigenvalue weighted by molar-refractivity contribution is 6.31. The fraction of sp³-hybridized carbons (Fsp3) is 0.565. The van der Waals surface area contributed by atoms with E-state index in [0.717, 1.165) is 44.7 Å². The number of pyridine rings is 1. The molecule has 0 aliphatic carbocycles. The summed E-state index contributed by atoms with van der Waals surface area (Å²) in [6, 6.07) is 1.87. The molecule has 0 atom stereocenters. The second-order valence-electron chi connectivity index (χ2n) is 8.67. The van der Waals surface area contributed by atoms with Crippen LogP contribution in [0.2, 0.25) is 5.02 Å². The van der Waals surface area contributed by atoms with Gasteiger partial charge in [0.15, 0.2) is 0 Å². The minimum absolute atomic E-state index is 0.106. The number of methoxy groups -OCH3 is 1. The van der Waals surface area contributed by atoms with Crippen molar-refractivity contribution in [1.29, 1.82) is 0 Å². The molecule has 1 amide bonds. The van der Waals surface area contributed by atoms with E-state index in [1.165, 1.54) is 0 Å². The first kappa shape index (κ1) is 25.4. The zero-order valence-corrected chi connectivity index (χ0v) is 21.0. The molecule has 35 heavy (non-hydrogen) atoms. The number of hydrogen-bond donors (Lipinski definition) is 1. The third-order valence-electron chi connectivity index (χ3n) is 6.06. The highest BCUT2D eigenvalue weighted by Crippen LogP contribution is 2.33. The number of aromatic nitrogens is 3. The van der Waals surface area contributed by atoms with Gasteiger partial charge in [-0.15, -0.1) is 0 Å². The highest BCUT2D eigenvalue weighted by atomic mass is 35.5. The molecule has 1 saturated heterocycles. The molecule has 2 aliphatic rings. The Kier molecular flexibility index (Phi) is 8.55. The zero-order chi connectivity index (χ0) is 24.8. The number of nitrogens with two attached hydrogens (primary N) is 1. The van der Waals surface area contributed by atoms with Gasteiger partial charge in [-0.25, -0.2) is 4.98 Å². The Morgan fingerprint density at radius 3 is 2.66 bits per heavy atom. The fourth-order valence-electron chi connectivity index (χ4n) is 4.04. The van der Waals surface area contributed by atoms with E-state index in [2.05, 4.69) is 31.8 Å². The molecule has 4 heterocycles. The predicted octanol–water partition coefficient (Wildman–Crippen LogP) is 1.24. The Bertz CT molecular complexity index is 1030. The lowest BCUT2D eigenvalue weighted by Crippen LogP contribution is -2.44. The number of halogens is 1. The molecule has 0 radical (unpaired) electrons. The molecule has 0 bridgehead atoms. The maximum Gasteiger partial charge on any atom is 0.320 e. The molecule has 0 aromatic carbocycles. The van der Waals surface area contributed by atoms with Gasteiger partial charge in [-0.1, -0.05) is 11.6 Å². The van der Waals surface area contributed by atoms with Gasteiger partial charge < -0.3 is 29.7 Å². The van der Waals surface area contributed by atoms with Crippen LogP contribution in [-0.4, -0.2) is 97.4 Å². The van der Waals surface area contributed by atoms with Gasteiger partial charge in [0.2, 0.25) is 11.8 Å². The Hall–Kier alpha value is -2.73. The second kappa shape index (κ2) is 11.8. The molecular weight excluding hydrogens is 474 g/mol. The summed E-state index contributed by atoms with van der Waals surface area (Å²) in [5.74, 6) is 0.933. The van der Waals surface area contributed by atoms with Crippen molar-refractivity contribution in [2.45, 2.75) is 19.4 Å². The third-order valence-corrected chi connectivity index (χ3v) is 6.33. The van der Waals surface area contributed by atoms with Crippen LogP contribution in [0.4, 0.5) is 11.6 Å². The average molecular weight is 506 g/mol. The van der Waals surface area contributed by atoms with Crippen molar-refractivity contribution >= 4 is 29.1 Å². The first-order valence-corrected chi connectivity index (χ1v) is 12.1. The lowest BCUT2D eigenvalue weighted by molar-refractivity contribution is -0.117. The lowest BCUT2D eigenvalue weighted by Gasteiger charge is -2.32. The van der Waals surface area contributed by atoms with Gasteiger partial charge in [0.1, 0.15) is 23.3 Å². The van der Waals surface area contributed by atoms with Gasteiger partial charge in [-0.3, -0.25) is 9.69 Å². The van der Waals surface area contributed by atoms with E-state index in [0.29, 0.717) is 35.5 Å². The van der Waals surface area contributed by atoms with Crippen LogP contribution < -0.4 is 20.1 Å². The summed E-state index contributed by atoms with van der Waals surface area (Å²) < 4.78 is 16.3. The van der Waals surface area contributed by atoms with E-state index in [1.54, 1.807) is 24.3 Å². The molecule has 2 aliphatic heterocycles. The minimum atomic E-state index is -0.129. The zero-order valence-electron chi connectivity index (χ0n) is 20.2. The molecule has 11 nitrogen and oxygen atoms in total. The van der Waals surface area contributed by atoms with Gasteiger partial charge in [0, 0.05) is 51.6 Å². The summed E-state index contributed by atoms with van der Waals surface area (Å²) in [5, 5.41) is 0.403. The van der Waals surface area contributed by atoms with E-state index in [1.807, 2.05) is 0 Å². The number of piperazine rings is 1. The first-order valence-electron chi connectivity index (χ1n) is 11.7. The van der Waals surface area contributed by atoms with Crippen molar-refractivity contribution in [3.8, 4) is 11.9 Å². The maximum atomic E-state index is 12.7. The van der Waals surface area contributed by atoms with E-state index in [4.69, 9.17) is 31.5 Å². The van der Waals surface area contributed by atoms with Gasteiger partial charge in [0.05, 0.1) is 26.2 Å². The number of amides is 1. The van der Waals surface area contributed by atoms with E-state index in [-0.39, 0.29) is 37.3 Å². The first-order chi connectivity index (χ1) is 16.9. The lowest BCUT2D eigenvalue weighted by atomic mass is 10.2. The van der Waals surface area contributed by atoms with Gasteiger partial charge in [0.25, 0.3) is 0 Å². The summed E-state index contributed by atoms with van der Waals surface area (Å²) >= 11 is 6.43. The third kappa shape index (κ3) is 6.49. The van der Waals surface area contributed by atoms with Crippen LogP contribution >= 0.6 is 11.6 Å². The highest BCUT2D eigenvalue weighted by Gasteiger charge is 2.32. The van der Waals surface area contributed by atoms with Crippen molar-refractivity contribution in [2.75, 3.05) is 77.3 Å². The number of rotatable bonds is 11. The van der Waals surface area contributed by atoms with Crippen LogP contribution in [0, 0.1) is 0 Å². The number of likely N-dealkylation sites (N-methyl/N-ethyl adjacent to an activating group) is 1. The largest absolute Gasteiger partial charge is 0.477 e. The standard InChI is InChI=1S/C23H32ClN7O4/c1-29-5-7-30(8-6-29)4-3-9-34-22-18(24)12-16(14-26-22)15-31-19(32)13-17-20(25)27-23(28-21(17)31)35-11-10-33-2/h12,14H,3-11,13,15H2,1-2H3,(H2,25,27,28). The van der Waals surface area contributed by atoms with Crippen LogP contribution in [0.25, 0.3) is 0 Å². The molecule has 0 saturated carbocycles. The average Bonchev–Trinajstić information content (AvgIpc) is 3.15. The Morgan fingerprint density at radius 2 is 1.91 bits per heavy atom. The van der Waals surface area contributed by atoms with Crippen molar-refractivity contribution in [3.63, 3.8) is 0 Å². The Balaban J connectivity index is 1.34. The van der Waals surface area contributed by atoms with Crippen molar-refractivity contribution in [1.82, 2.24) is 24.8 Å². The smallest absolute Gasteiger partial charge is 0.320 e. The number of ether oxygens (including phenoxy) is 3. The number of nitrogens with zero attached hydrogens (tertiary/aromatic N) is 6. The summed E-state index contributed by atoms with van der Waals surface area (Å²) in [4.78, 5) is 31.9. The predicted molar refractivity (Wildman–Crippen MR) is 132 cm³/mol. The SMILES string of the molecule is COCCOc1nc(N)c2c(n1)N(Cc1cnc(OCCCN3CCN(C)CC3)c(Cl)c1)C(=O)C2. The topological polar surface area (TPSA) is 119 Å². The number of carbonyl (C=O) groups excluding carboxylic acids is 1.